The van der Waals surface area contributed by atoms with Crippen molar-refractivity contribution in [2.75, 3.05) is 18.5 Å². The highest BCUT2D eigenvalue weighted by Gasteiger charge is 2.08. The first-order valence-electron chi connectivity index (χ1n) is 7.91. The first kappa shape index (κ1) is 17.4. The van der Waals surface area contributed by atoms with Gasteiger partial charge in [0.05, 0.1) is 12.3 Å². The minimum absolute atomic E-state index is 0.0453. The molecule has 2 aromatic rings. The van der Waals surface area contributed by atoms with E-state index in [9.17, 15) is 4.79 Å². The highest BCUT2D eigenvalue weighted by Crippen LogP contribution is 2.26. The zero-order valence-electron chi connectivity index (χ0n) is 13.4. The van der Waals surface area contributed by atoms with Gasteiger partial charge in [0.1, 0.15) is 5.75 Å². The zero-order valence-corrected chi connectivity index (χ0v) is 14.2. The SMILES string of the molecule is CCCCOc1ccc(-c2csc(NC(=O)CCCN)n2)cc1. The van der Waals surface area contributed by atoms with Gasteiger partial charge in [-0.25, -0.2) is 4.98 Å². The smallest absolute Gasteiger partial charge is 0.226 e. The van der Waals surface area contributed by atoms with Gasteiger partial charge < -0.3 is 15.8 Å². The number of rotatable bonds is 9. The van der Waals surface area contributed by atoms with Crippen LogP contribution in [-0.2, 0) is 4.79 Å². The van der Waals surface area contributed by atoms with Crippen LogP contribution in [0.15, 0.2) is 29.6 Å². The topological polar surface area (TPSA) is 77.2 Å². The summed E-state index contributed by atoms with van der Waals surface area (Å²) in [4.78, 5) is 16.1. The van der Waals surface area contributed by atoms with Gasteiger partial charge in [-0.05, 0) is 43.7 Å². The van der Waals surface area contributed by atoms with Crippen molar-refractivity contribution in [3.05, 3.63) is 29.6 Å². The normalized spacial score (nSPS) is 10.5. The molecule has 1 amide bonds. The van der Waals surface area contributed by atoms with Crippen LogP contribution < -0.4 is 15.8 Å². The molecule has 0 aliphatic heterocycles. The van der Waals surface area contributed by atoms with Crippen LogP contribution in [0.1, 0.15) is 32.6 Å². The average Bonchev–Trinajstić information content (AvgIpc) is 3.02. The Morgan fingerprint density at radius 3 is 2.78 bits per heavy atom. The van der Waals surface area contributed by atoms with Crippen LogP contribution >= 0.6 is 11.3 Å². The molecule has 0 fully saturated rings. The van der Waals surface area contributed by atoms with Crippen LogP contribution in [0.4, 0.5) is 5.13 Å². The lowest BCUT2D eigenvalue weighted by atomic mass is 10.2. The van der Waals surface area contributed by atoms with Crippen molar-refractivity contribution >= 4 is 22.4 Å². The Bertz CT molecular complexity index is 611. The van der Waals surface area contributed by atoms with Gasteiger partial charge in [0.2, 0.25) is 5.91 Å². The van der Waals surface area contributed by atoms with E-state index in [1.165, 1.54) is 11.3 Å². The Hall–Kier alpha value is -1.92. The molecule has 0 saturated heterocycles. The minimum Gasteiger partial charge on any atom is -0.494 e. The molecule has 3 N–H and O–H groups in total. The number of aromatic nitrogens is 1. The summed E-state index contributed by atoms with van der Waals surface area (Å²) >= 11 is 1.42. The molecular formula is C17H23N3O2S. The Labute approximate surface area is 140 Å². The van der Waals surface area contributed by atoms with Crippen molar-refractivity contribution in [2.45, 2.75) is 32.6 Å². The summed E-state index contributed by atoms with van der Waals surface area (Å²) in [5.41, 5.74) is 7.25. The number of nitrogens with two attached hydrogens (primary N) is 1. The number of hydrogen-bond donors (Lipinski definition) is 2. The van der Waals surface area contributed by atoms with E-state index in [1.807, 2.05) is 29.6 Å². The molecule has 23 heavy (non-hydrogen) atoms. The maximum Gasteiger partial charge on any atom is 0.226 e. The molecule has 0 bridgehead atoms. The van der Waals surface area contributed by atoms with Crippen molar-refractivity contribution in [3.63, 3.8) is 0 Å². The van der Waals surface area contributed by atoms with Gasteiger partial charge in [-0.15, -0.1) is 11.3 Å². The van der Waals surface area contributed by atoms with Gasteiger partial charge >= 0.3 is 0 Å². The molecule has 5 nitrogen and oxygen atoms in total. The summed E-state index contributed by atoms with van der Waals surface area (Å²) in [5, 5.41) is 5.35. The summed E-state index contributed by atoms with van der Waals surface area (Å²) in [6.45, 7) is 3.40. The molecule has 0 atom stereocenters. The van der Waals surface area contributed by atoms with Crippen LogP contribution in [0.25, 0.3) is 11.3 Å². The van der Waals surface area contributed by atoms with E-state index >= 15 is 0 Å². The van der Waals surface area contributed by atoms with Gasteiger partial charge in [-0.3, -0.25) is 4.79 Å². The van der Waals surface area contributed by atoms with Gasteiger partial charge in [0.15, 0.2) is 5.13 Å². The summed E-state index contributed by atoms with van der Waals surface area (Å²) in [6.07, 6.45) is 3.29. The summed E-state index contributed by atoms with van der Waals surface area (Å²) < 4.78 is 5.65. The molecule has 0 unspecified atom stereocenters. The summed E-state index contributed by atoms with van der Waals surface area (Å²) in [7, 11) is 0. The van der Waals surface area contributed by atoms with E-state index in [-0.39, 0.29) is 5.91 Å². The number of anilines is 1. The summed E-state index contributed by atoms with van der Waals surface area (Å²) in [5.74, 6) is 0.823. The number of thiazole rings is 1. The van der Waals surface area contributed by atoms with E-state index in [1.54, 1.807) is 0 Å². The standard InChI is InChI=1S/C17H23N3O2S/c1-2-3-11-22-14-8-6-13(7-9-14)15-12-23-17(19-15)20-16(21)5-4-10-18/h6-9,12H,2-5,10-11,18H2,1H3,(H,19,20,21). The van der Waals surface area contributed by atoms with E-state index in [0.717, 1.165) is 36.5 Å². The van der Waals surface area contributed by atoms with E-state index in [2.05, 4.69) is 17.2 Å². The van der Waals surface area contributed by atoms with Crippen molar-refractivity contribution in [3.8, 4) is 17.0 Å². The first-order chi connectivity index (χ1) is 11.2. The Morgan fingerprint density at radius 1 is 1.30 bits per heavy atom. The number of carbonyl (C=O) groups is 1. The minimum atomic E-state index is -0.0453. The van der Waals surface area contributed by atoms with Crippen LogP contribution in [0.2, 0.25) is 0 Å². The van der Waals surface area contributed by atoms with Crippen molar-refractivity contribution in [1.29, 1.82) is 0 Å². The average molecular weight is 333 g/mol. The third kappa shape index (κ3) is 5.65. The third-order valence-corrected chi connectivity index (χ3v) is 4.03. The number of unbranched alkanes of at least 4 members (excludes halogenated alkanes) is 1. The van der Waals surface area contributed by atoms with Gasteiger partial charge in [-0.1, -0.05) is 13.3 Å². The highest BCUT2D eigenvalue weighted by atomic mass is 32.1. The number of ether oxygens (including phenoxy) is 1. The molecule has 0 radical (unpaired) electrons. The number of nitrogens with one attached hydrogen (secondary N) is 1. The Morgan fingerprint density at radius 2 is 2.09 bits per heavy atom. The van der Waals surface area contributed by atoms with Crippen LogP contribution in [0.5, 0.6) is 5.75 Å². The third-order valence-electron chi connectivity index (χ3n) is 3.28. The number of amides is 1. The predicted molar refractivity (Wildman–Crippen MR) is 94.9 cm³/mol. The number of carbonyl (C=O) groups excluding carboxylic acids is 1. The second kappa shape index (κ2) is 9.27. The Kier molecular flexibility index (Phi) is 7.03. The quantitative estimate of drug-likeness (QED) is 0.686. The van der Waals surface area contributed by atoms with Crippen LogP contribution in [0.3, 0.4) is 0 Å². The lowest BCUT2D eigenvalue weighted by Gasteiger charge is -2.05. The van der Waals surface area contributed by atoms with Gasteiger partial charge in [-0.2, -0.15) is 0 Å². The highest BCUT2D eigenvalue weighted by molar-refractivity contribution is 7.14. The monoisotopic (exact) mass is 333 g/mol. The molecule has 2 rings (SSSR count). The van der Waals surface area contributed by atoms with Crippen molar-refractivity contribution in [2.24, 2.45) is 5.73 Å². The van der Waals surface area contributed by atoms with Crippen molar-refractivity contribution in [1.82, 2.24) is 4.98 Å². The van der Waals surface area contributed by atoms with Gasteiger partial charge in [0, 0.05) is 17.4 Å². The molecule has 0 saturated carbocycles. The number of benzene rings is 1. The maximum absolute atomic E-state index is 11.7. The second-order valence-electron chi connectivity index (χ2n) is 5.20. The van der Waals surface area contributed by atoms with E-state index in [4.69, 9.17) is 10.5 Å². The molecule has 1 aromatic carbocycles. The lowest BCUT2D eigenvalue weighted by Crippen LogP contribution is -2.13. The Balaban J connectivity index is 1.93. The number of nitrogens with zero attached hydrogens (tertiary/aromatic N) is 1. The van der Waals surface area contributed by atoms with E-state index < -0.39 is 0 Å². The fourth-order valence-corrected chi connectivity index (χ4v) is 2.70. The van der Waals surface area contributed by atoms with Crippen molar-refractivity contribution < 1.29 is 9.53 Å². The summed E-state index contributed by atoms with van der Waals surface area (Å²) in [6, 6.07) is 7.86. The largest absolute Gasteiger partial charge is 0.494 e. The second-order valence-corrected chi connectivity index (χ2v) is 6.06. The fraction of sp³-hybridized carbons (Fsp3) is 0.412. The molecule has 6 heteroatoms. The molecular weight excluding hydrogens is 310 g/mol. The molecule has 0 spiro atoms. The molecule has 0 aliphatic carbocycles. The fourth-order valence-electron chi connectivity index (χ4n) is 1.96. The van der Waals surface area contributed by atoms with Crippen LogP contribution in [-0.4, -0.2) is 24.0 Å². The molecule has 1 heterocycles. The maximum atomic E-state index is 11.7. The molecule has 1 aromatic heterocycles. The molecule has 124 valence electrons. The predicted octanol–water partition coefficient (Wildman–Crippen LogP) is 3.67. The van der Waals surface area contributed by atoms with Gasteiger partial charge in [0.25, 0.3) is 0 Å². The van der Waals surface area contributed by atoms with E-state index in [0.29, 0.717) is 24.5 Å². The number of hydrogen-bond acceptors (Lipinski definition) is 5. The lowest BCUT2D eigenvalue weighted by molar-refractivity contribution is -0.116. The van der Waals surface area contributed by atoms with Crippen LogP contribution in [0, 0.1) is 0 Å². The first-order valence-corrected chi connectivity index (χ1v) is 8.79. The molecule has 0 aliphatic rings. The zero-order chi connectivity index (χ0) is 16.5.